The molecule has 0 aromatic carbocycles. The van der Waals surface area contributed by atoms with Crippen LogP contribution in [0.2, 0.25) is 0 Å². The first-order valence-corrected chi connectivity index (χ1v) is 25.3. The van der Waals surface area contributed by atoms with Crippen molar-refractivity contribution in [1.82, 2.24) is 0 Å². The first kappa shape index (κ1) is 50.9. The summed E-state index contributed by atoms with van der Waals surface area (Å²) in [4.78, 5) is 12.8. The lowest BCUT2D eigenvalue weighted by molar-refractivity contribution is -0.336. The minimum atomic E-state index is -1.55. The molecule has 0 radical (unpaired) electrons. The number of aliphatic hydroxyl groups is 5. The van der Waals surface area contributed by atoms with Crippen molar-refractivity contribution < 1.29 is 44.5 Å². The lowest BCUT2D eigenvalue weighted by Crippen LogP contribution is -2.67. The number of ether oxygens (including phenoxy) is 3. The lowest BCUT2D eigenvalue weighted by Gasteiger charge is -2.70. The summed E-state index contributed by atoms with van der Waals surface area (Å²) < 4.78 is 18.9. The molecule has 9 heteroatoms. The third-order valence-electron chi connectivity index (χ3n) is 18.3. The van der Waals surface area contributed by atoms with Gasteiger partial charge in [0.2, 0.25) is 0 Å². The van der Waals surface area contributed by atoms with Crippen molar-refractivity contribution in [1.29, 1.82) is 0 Å². The largest absolute Gasteiger partial charge is 0.463 e. The Bertz CT molecular complexity index is 1410. The SMILES string of the molecule is CCCCCCCCCCCCCCCC(=O)OCC1OC(OC(C)(CCC=C(C)C)C2CCC3(C)C2C(O)CC2C4(C)CCC(O)C(C)(C)C4CCC23C)C(O)C(O)C1O. The van der Waals surface area contributed by atoms with Crippen LogP contribution in [-0.4, -0.2) is 86.6 Å². The molecule has 5 fully saturated rings. The number of hydrogen-bond acceptors (Lipinski definition) is 9. The quantitative estimate of drug-likeness (QED) is 0.0408. The molecule has 0 bridgehead atoms. The van der Waals surface area contributed by atoms with Gasteiger partial charge in [-0.25, -0.2) is 0 Å². The van der Waals surface area contributed by atoms with Crippen LogP contribution in [-0.2, 0) is 19.0 Å². The second-order valence-corrected chi connectivity index (χ2v) is 22.8. The highest BCUT2D eigenvalue weighted by molar-refractivity contribution is 5.69. The highest BCUT2D eigenvalue weighted by Crippen LogP contribution is 2.76. The van der Waals surface area contributed by atoms with Gasteiger partial charge in [-0.2, -0.15) is 0 Å². The molecule has 1 saturated heterocycles. The predicted octanol–water partition coefficient (Wildman–Crippen LogP) is 10.4. The van der Waals surface area contributed by atoms with Crippen molar-refractivity contribution >= 4 is 5.97 Å². The molecule has 15 unspecified atom stereocenters. The smallest absolute Gasteiger partial charge is 0.305 e. The van der Waals surface area contributed by atoms with Gasteiger partial charge in [-0.15, -0.1) is 0 Å². The molecule has 5 N–H and O–H groups in total. The van der Waals surface area contributed by atoms with Crippen LogP contribution in [0, 0.1) is 45.3 Å². The number of allylic oxidation sites excluding steroid dienone is 2. The number of aliphatic hydroxyl groups excluding tert-OH is 5. The molecule has 5 aliphatic rings. The topological polar surface area (TPSA) is 146 Å². The van der Waals surface area contributed by atoms with Crippen LogP contribution in [0.5, 0.6) is 0 Å². The molecule has 0 aromatic rings. The van der Waals surface area contributed by atoms with Crippen molar-refractivity contribution in [3.63, 3.8) is 0 Å². The Morgan fingerprint density at radius 2 is 1.33 bits per heavy atom. The predicted molar refractivity (Wildman–Crippen MR) is 243 cm³/mol. The average Bonchev–Trinajstić information content (AvgIpc) is 3.59. The zero-order valence-corrected chi connectivity index (χ0v) is 40.3. The number of unbranched alkanes of at least 4 members (excludes halogenated alkanes) is 12. The summed E-state index contributed by atoms with van der Waals surface area (Å²) in [5.74, 6) is 0.254. The van der Waals surface area contributed by atoms with Crippen LogP contribution in [0.25, 0.3) is 0 Å². The van der Waals surface area contributed by atoms with Gasteiger partial charge in [0.05, 0.1) is 17.8 Å². The fourth-order valence-electron chi connectivity index (χ4n) is 14.4. The van der Waals surface area contributed by atoms with Crippen LogP contribution in [0.1, 0.15) is 210 Å². The van der Waals surface area contributed by atoms with Crippen LogP contribution in [0.4, 0.5) is 0 Å². The van der Waals surface area contributed by atoms with Gasteiger partial charge in [-0.3, -0.25) is 4.79 Å². The van der Waals surface area contributed by atoms with E-state index in [2.05, 4.69) is 68.4 Å². The summed E-state index contributed by atoms with van der Waals surface area (Å²) in [6.45, 7) is 20.1. The van der Waals surface area contributed by atoms with Crippen molar-refractivity contribution in [2.24, 2.45) is 45.3 Å². The molecule has 0 spiro atoms. The van der Waals surface area contributed by atoms with E-state index >= 15 is 0 Å². The summed E-state index contributed by atoms with van der Waals surface area (Å²) >= 11 is 0. The second kappa shape index (κ2) is 21.5. The first-order chi connectivity index (χ1) is 28.8. The Labute approximate surface area is 371 Å². The zero-order chi connectivity index (χ0) is 44.8. The summed E-state index contributed by atoms with van der Waals surface area (Å²) in [7, 11) is 0. The van der Waals surface area contributed by atoms with Gasteiger partial charge in [0, 0.05) is 6.42 Å². The molecule has 354 valence electrons. The van der Waals surface area contributed by atoms with E-state index in [9.17, 15) is 30.3 Å². The molecule has 0 aromatic heterocycles. The van der Waals surface area contributed by atoms with E-state index in [0.717, 1.165) is 70.6 Å². The van der Waals surface area contributed by atoms with Crippen LogP contribution in [0.3, 0.4) is 0 Å². The third kappa shape index (κ3) is 11.0. The number of carbonyl (C=O) groups is 1. The van der Waals surface area contributed by atoms with Gasteiger partial charge in [0.25, 0.3) is 0 Å². The van der Waals surface area contributed by atoms with Gasteiger partial charge < -0.3 is 39.7 Å². The summed E-state index contributed by atoms with van der Waals surface area (Å²) in [5, 5.41) is 57.2. The fraction of sp³-hybridized carbons (Fsp3) is 0.942. The minimum absolute atomic E-state index is 0.0147. The molecule has 61 heavy (non-hydrogen) atoms. The van der Waals surface area contributed by atoms with E-state index in [1.54, 1.807) is 0 Å². The Balaban J connectivity index is 1.20. The van der Waals surface area contributed by atoms with Crippen molar-refractivity contribution in [2.45, 2.75) is 259 Å². The van der Waals surface area contributed by atoms with E-state index in [1.165, 1.54) is 69.8 Å². The number of hydrogen-bond donors (Lipinski definition) is 5. The molecule has 1 heterocycles. The molecule has 5 rings (SSSR count). The van der Waals surface area contributed by atoms with Crippen molar-refractivity contribution in [3.8, 4) is 0 Å². The Kier molecular flexibility index (Phi) is 17.9. The average molecular weight is 861 g/mol. The zero-order valence-electron chi connectivity index (χ0n) is 40.3. The Hall–Kier alpha value is -1.07. The standard InChI is InChI=1S/C52H92O9/c1-10-11-12-13-14-15-16-17-18-19-20-21-22-25-42(55)59-34-38-44(56)45(57)46(58)47(60-38)61-52(9,29-23-24-35(2)3)36-26-31-51(8)43(36)37(53)33-40-49(6)30-28-41(54)48(4,5)39(49)27-32-50(40,51)7/h24,36-41,43-47,53-54,56-58H,10-23,25-34H2,1-9H3. The van der Waals surface area contributed by atoms with E-state index in [1.807, 2.05) is 0 Å². The molecular weight excluding hydrogens is 769 g/mol. The highest BCUT2D eigenvalue weighted by atomic mass is 16.7. The Morgan fingerprint density at radius 3 is 1.93 bits per heavy atom. The van der Waals surface area contributed by atoms with Crippen LogP contribution < -0.4 is 0 Å². The first-order valence-electron chi connectivity index (χ1n) is 25.3. The summed E-state index contributed by atoms with van der Waals surface area (Å²) in [6.07, 6.45) is 18.5. The number of carbonyl (C=O) groups excluding carboxylic acids is 1. The maximum Gasteiger partial charge on any atom is 0.305 e. The van der Waals surface area contributed by atoms with Gasteiger partial charge >= 0.3 is 5.97 Å². The van der Waals surface area contributed by atoms with Gasteiger partial charge in [0.15, 0.2) is 6.29 Å². The van der Waals surface area contributed by atoms with Crippen molar-refractivity contribution in [2.75, 3.05) is 6.61 Å². The number of esters is 1. The molecule has 15 atom stereocenters. The molecular formula is C52H92O9. The maximum absolute atomic E-state index is 12.8. The molecule has 4 aliphatic carbocycles. The molecule has 4 saturated carbocycles. The van der Waals surface area contributed by atoms with E-state index in [4.69, 9.17) is 14.2 Å². The van der Waals surface area contributed by atoms with Gasteiger partial charge in [0.1, 0.15) is 31.0 Å². The maximum atomic E-state index is 12.8. The van der Waals surface area contributed by atoms with E-state index in [-0.39, 0.29) is 58.6 Å². The molecule has 0 amide bonds. The number of rotatable bonds is 22. The lowest BCUT2D eigenvalue weighted by atomic mass is 9.35. The van der Waals surface area contributed by atoms with Crippen LogP contribution in [0.15, 0.2) is 11.6 Å². The minimum Gasteiger partial charge on any atom is -0.463 e. The molecule has 9 nitrogen and oxygen atoms in total. The highest BCUT2D eigenvalue weighted by Gasteiger charge is 2.71. The molecule has 1 aliphatic heterocycles. The monoisotopic (exact) mass is 861 g/mol. The second-order valence-electron chi connectivity index (χ2n) is 22.8. The summed E-state index contributed by atoms with van der Waals surface area (Å²) in [6, 6.07) is 0. The summed E-state index contributed by atoms with van der Waals surface area (Å²) in [5.41, 5.74) is 0.0204. The van der Waals surface area contributed by atoms with Gasteiger partial charge in [-0.1, -0.05) is 130 Å². The van der Waals surface area contributed by atoms with Gasteiger partial charge in [-0.05, 0) is 130 Å². The van der Waals surface area contributed by atoms with E-state index < -0.39 is 42.4 Å². The van der Waals surface area contributed by atoms with E-state index in [0.29, 0.717) is 18.3 Å². The Morgan fingerprint density at radius 1 is 0.738 bits per heavy atom. The third-order valence-corrected chi connectivity index (χ3v) is 18.3. The normalized spacial score (nSPS) is 40.3. The van der Waals surface area contributed by atoms with Crippen molar-refractivity contribution in [3.05, 3.63) is 11.6 Å². The number of fused-ring (bicyclic) bond motifs is 5. The fourth-order valence-corrected chi connectivity index (χ4v) is 14.4. The van der Waals surface area contributed by atoms with Crippen LogP contribution >= 0.6 is 0 Å².